The van der Waals surface area contributed by atoms with E-state index in [0.29, 0.717) is 0 Å². The molecule has 0 unspecified atom stereocenters. The van der Waals surface area contributed by atoms with Crippen LogP contribution in [0.2, 0.25) is 0 Å². The fourth-order valence-corrected chi connectivity index (χ4v) is 3.57. The van der Waals surface area contributed by atoms with Crippen LogP contribution in [-0.4, -0.2) is 34.7 Å². The molecule has 0 spiro atoms. The molecule has 3 aromatic rings. The fraction of sp³-hybridized carbons (Fsp3) is 0.235. The number of aromatic nitrogens is 2. The Balaban J connectivity index is 1.40. The molecule has 24 heavy (non-hydrogen) atoms. The van der Waals surface area contributed by atoms with Gasteiger partial charge in [-0.2, -0.15) is 5.10 Å². The van der Waals surface area contributed by atoms with E-state index >= 15 is 0 Å². The molecule has 0 aliphatic carbocycles. The molecule has 0 amide bonds. The lowest BCUT2D eigenvalue weighted by atomic mass is 10.2. The molecule has 0 radical (unpaired) electrons. The van der Waals surface area contributed by atoms with Crippen LogP contribution in [0.1, 0.15) is 15.6 Å². The number of oxazole rings is 1. The normalized spacial score (nSPS) is 14.9. The van der Waals surface area contributed by atoms with Crippen LogP contribution >= 0.6 is 11.3 Å². The second kappa shape index (κ2) is 6.54. The summed E-state index contributed by atoms with van der Waals surface area (Å²) >= 11 is 1.73. The van der Waals surface area contributed by atoms with Crippen molar-refractivity contribution in [3.8, 4) is 11.3 Å². The van der Waals surface area contributed by atoms with E-state index in [1.54, 1.807) is 23.7 Å². The first-order valence-corrected chi connectivity index (χ1v) is 8.55. The number of hydrogen-bond acceptors (Lipinski definition) is 7. The molecule has 0 saturated heterocycles. The van der Waals surface area contributed by atoms with Crippen LogP contribution in [-0.2, 0) is 13.0 Å². The van der Waals surface area contributed by atoms with Gasteiger partial charge < -0.3 is 9.32 Å². The van der Waals surface area contributed by atoms with Crippen molar-refractivity contribution in [2.24, 2.45) is 5.10 Å². The summed E-state index contributed by atoms with van der Waals surface area (Å²) in [5, 5.41) is 5.24. The lowest BCUT2D eigenvalue weighted by molar-refractivity contribution is 0.311. The van der Waals surface area contributed by atoms with E-state index in [1.165, 1.54) is 17.0 Å². The van der Waals surface area contributed by atoms with Gasteiger partial charge in [0.15, 0.2) is 12.2 Å². The predicted molar refractivity (Wildman–Crippen MR) is 95.3 cm³/mol. The number of thiazole rings is 1. The molecule has 122 valence electrons. The lowest BCUT2D eigenvalue weighted by Gasteiger charge is -2.20. The van der Waals surface area contributed by atoms with E-state index in [2.05, 4.69) is 32.4 Å². The molecule has 1 aliphatic rings. The van der Waals surface area contributed by atoms with E-state index in [0.717, 1.165) is 41.5 Å². The maximum Gasteiger partial charge on any atom is 0.181 e. The zero-order valence-electron chi connectivity index (χ0n) is 13.3. The maximum absolute atomic E-state index is 5.27. The number of likely N-dealkylation sites (N-methyl/N-ethyl adjacent to an activating group) is 1. The summed E-state index contributed by atoms with van der Waals surface area (Å²) in [5.74, 6) is 0.753. The maximum atomic E-state index is 5.27. The van der Waals surface area contributed by atoms with Crippen LogP contribution in [0.4, 0.5) is 5.69 Å². The van der Waals surface area contributed by atoms with E-state index < -0.39 is 0 Å². The third kappa shape index (κ3) is 3.22. The minimum atomic E-state index is 0.753. The summed E-state index contributed by atoms with van der Waals surface area (Å²) in [5.41, 5.74) is 6.12. The van der Waals surface area contributed by atoms with Crippen LogP contribution in [0.25, 0.3) is 11.3 Å². The molecule has 6 nitrogen and oxygen atoms in total. The molecule has 2 aromatic heterocycles. The number of rotatable bonds is 4. The molecule has 0 atom stereocenters. The van der Waals surface area contributed by atoms with Crippen LogP contribution in [0.3, 0.4) is 0 Å². The summed E-state index contributed by atoms with van der Waals surface area (Å²) in [7, 11) is 2.13. The topological polar surface area (TPSA) is 66.5 Å². The number of hydrogen-bond donors (Lipinski definition) is 1. The quantitative estimate of drug-likeness (QED) is 0.584. The van der Waals surface area contributed by atoms with Gasteiger partial charge in [-0.25, -0.2) is 9.97 Å². The molecule has 1 aromatic carbocycles. The largest absolute Gasteiger partial charge is 0.444 e. The number of hydrazone groups is 1. The van der Waals surface area contributed by atoms with Crippen molar-refractivity contribution in [2.45, 2.75) is 13.0 Å². The molecule has 7 heteroatoms. The highest BCUT2D eigenvalue weighted by Crippen LogP contribution is 2.23. The highest BCUT2D eigenvalue weighted by molar-refractivity contribution is 7.13. The van der Waals surface area contributed by atoms with E-state index in [4.69, 9.17) is 4.42 Å². The number of nitrogens with zero attached hydrogens (tertiary/aromatic N) is 4. The summed E-state index contributed by atoms with van der Waals surface area (Å²) < 4.78 is 5.27. The van der Waals surface area contributed by atoms with E-state index in [-0.39, 0.29) is 0 Å². The van der Waals surface area contributed by atoms with Crippen molar-refractivity contribution in [2.75, 3.05) is 19.0 Å². The molecular formula is C17H17N5OS. The number of nitrogens with one attached hydrogen (secondary N) is 1. The van der Waals surface area contributed by atoms with Crippen molar-refractivity contribution >= 4 is 23.2 Å². The zero-order valence-corrected chi connectivity index (χ0v) is 14.1. The molecule has 0 fully saturated rings. The predicted octanol–water partition coefficient (Wildman–Crippen LogP) is 3.23. The van der Waals surface area contributed by atoms with Gasteiger partial charge in [-0.15, -0.1) is 11.3 Å². The fourth-order valence-electron chi connectivity index (χ4n) is 2.63. The van der Waals surface area contributed by atoms with Gasteiger partial charge in [0.2, 0.25) is 0 Å². The van der Waals surface area contributed by atoms with Gasteiger partial charge in [-0.3, -0.25) is 5.43 Å². The average Bonchev–Trinajstić information content (AvgIpc) is 3.24. The van der Waals surface area contributed by atoms with Gasteiger partial charge in [0.1, 0.15) is 5.01 Å². The lowest BCUT2D eigenvalue weighted by Crippen LogP contribution is -2.25. The Hall–Kier alpha value is -2.51. The second-order valence-electron chi connectivity index (χ2n) is 5.72. The summed E-state index contributed by atoms with van der Waals surface area (Å²) in [6.45, 7) is 2.03. The third-order valence-corrected chi connectivity index (χ3v) is 5.00. The first kappa shape index (κ1) is 15.0. The van der Waals surface area contributed by atoms with Crippen LogP contribution in [0, 0.1) is 0 Å². The SMILES string of the molecule is CN1CCc2sc(C=NNc3ccc(-c4cnco4)cc3)nc2C1. The third-order valence-electron chi connectivity index (χ3n) is 3.91. The number of anilines is 1. The Morgan fingerprint density at radius 3 is 3.00 bits per heavy atom. The van der Waals surface area contributed by atoms with Gasteiger partial charge in [-0.1, -0.05) is 0 Å². The Kier molecular flexibility index (Phi) is 4.10. The number of benzene rings is 1. The standard InChI is InChI=1S/C17H17N5OS/c1-22-7-6-16-14(10-22)20-17(24-16)9-19-21-13-4-2-12(3-5-13)15-8-18-11-23-15/h2-5,8-9,11,21H,6-7,10H2,1H3. The van der Waals surface area contributed by atoms with Crippen molar-refractivity contribution < 1.29 is 4.42 Å². The molecular weight excluding hydrogens is 322 g/mol. The minimum absolute atomic E-state index is 0.753. The highest BCUT2D eigenvalue weighted by Gasteiger charge is 2.17. The van der Waals surface area contributed by atoms with E-state index in [1.807, 2.05) is 24.3 Å². The Bertz CT molecular complexity index is 839. The Morgan fingerprint density at radius 1 is 1.33 bits per heavy atom. The monoisotopic (exact) mass is 339 g/mol. The summed E-state index contributed by atoms with van der Waals surface area (Å²) in [6, 6.07) is 7.85. The van der Waals surface area contributed by atoms with Gasteiger partial charge in [0.25, 0.3) is 0 Å². The summed E-state index contributed by atoms with van der Waals surface area (Å²) in [6.07, 6.45) is 5.99. The van der Waals surface area contributed by atoms with Crippen molar-refractivity contribution in [3.05, 3.63) is 52.4 Å². The molecule has 1 aliphatic heterocycles. The van der Waals surface area contributed by atoms with Crippen molar-refractivity contribution in [1.82, 2.24) is 14.9 Å². The Labute approximate surface area is 143 Å². The van der Waals surface area contributed by atoms with Gasteiger partial charge >= 0.3 is 0 Å². The molecule has 0 bridgehead atoms. The first-order valence-electron chi connectivity index (χ1n) is 7.73. The minimum Gasteiger partial charge on any atom is -0.444 e. The second-order valence-corrected chi connectivity index (χ2v) is 6.84. The molecule has 4 rings (SSSR count). The number of fused-ring (bicyclic) bond motifs is 1. The van der Waals surface area contributed by atoms with Crippen LogP contribution < -0.4 is 5.43 Å². The smallest absolute Gasteiger partial charge is 0.181 e. The van der Waals surface area contributed by atoms with Crippen LogP contribution in [0.15, 0.2) is 46.4 Å². The first-order chi connectivity index (χ1) is 11.8. The molecule has 1 N–H and O–H groups in total. The van der Waals surface area contributed by atoms with Crippen LogP contribution in [0.5, 0.6) is 0 Å². The molecule has 3 heterocycles. The van der Waals surface area contributed by atoms with Gasteiger partial charge in [0, 0.05) is 23.5 Å². The Morgan fingerprint density at radius 2 is 2.21 bits per heavy atom. The van der Waals surface area contributed by atoms with Gasteiger partial charge in [0.05, 0.1) is 23.8 Å². The average molecular weight is 339 g/mol. The van der Waals surface area contributed by atoms with Crippen molar-refractivity contribution in [1.29, 1.82) is 0 Å². The van der Waals surface area contributed by atoms with Gasteiger partial charge in [-0.05, 0) is 37.7 Å². The zero-order chi connectivity index (χ0) is 16.4. The van der Waals surface area contributed by atoms with Crippen molar-refractivity contribution in [3.63, 3.8) is 0 Å². The van der Waals surface area contributed by atoms with E-state index in [9.17, 15) is 0 Å². The molecule has 0 saturated carbocycles. The summed E-state index contributed by atoms with van der Waals surface area (Å²) in [4.78, 5) is 12.2. The highest BCUT2D eigenvalue weighted by atomic mass is 32.1.